The predicted octanol–water partition coefficient (Wildman–Crippen LogP) is 2.54. The molecular weight excluding hydrogens is 375 g/mol. The van der Waals surface area contributed by atoms with Gasteiger partial charge in [0.2, 0.25) is 11.5 Å². The van der Waals surface area contributed by atoms with E-state index in [-0.39, 0.29) is 6.61 Å². The van der Waals surface area contributed by atoms with Crippen molar-refractivity contribution in [3.8, 4) is 5.75 Å². The summed E-state index contributed by atoms with van der Waals surface area (Å²) in [5, 5.41) is 0. The summed E-state index contributed by atoms with van der Waals surface area (Å²) in [5.74, 6) is -0.621. The molecule has 6 nitrogen and oxygen atoms in total. The standard InChI is InChI=1S/C16H16F3NO5S/c1-20-9-8-12(21)14(24-10-11-6-4-3-5-7-11)13(20)15(16(17,18)19)25-26(2,22)23/h3-9,15H,10H2,1-2H3. The average molecular weight is 391 g/mol. The number of hydrogen-bond donors (Lipinski definition) is 0. The average Bonchev–Trinajstić information content (AvgIpc) is 2.53. The number of benzene rings is 1. The lowest BCUT2D eigenvalue weighted by Crippen LogP contribution is -2.30. The van der Waals surface area contributed by atoms with Gasteiger partial charge in [0.25, 0.3) is 10.1 Å². The molecule has 0 spiro atoms. The number of rotatable bonds is 6. The molecule has 0 fully saturated rings. The van der Waals surface area contributed by atoms with Crippen molar-refractivity contribution in [3.63, 3.8) is 0 Å². The van der Waals surface area contributed by atoms with Crippen LogP contribution in [0.25, 0.3) is 0 Å². The maximum absolute atomic E-state index is 13.4. The summed E-state index contributed by atoms with van der Waals surface area (Å²) in [6.07, 6.45) is -6.38. The summed E-state index contributed by atoms with van der Waals surface area (Å²) in [5.41, 5.74) is -0.927. The Morgan fingerprint density at radius 3 is 2.31 bits per heavy atom. The number of aryl methyl sites for hydroxylation is 1. The van der Waals surface area contributed by atoms with Gasteiger partial charge in [-0.2, -0.15) is 21.6 Å². The second kappa shape index (κ2) is 7.50. The first-order valence-electron chi connectivity index (χ1n) is 7.30. The molecule has 142 valence electrons. The molecule has 1 aromatic heterocycles. The van der Waals surface area contributed by atoms with E-state index < -0.39 is 39.3 Å². The summed E-state index contributed by atoms with van der Waals surface area (Å²) in [4.78, 5) is 12.1. The van der Waals surface area contributed by atoms with Gasteiger partial charge in [-0.25, -0.2) is 0 Å². The van der Waals surface area contributed by atoms with E-state index in [4.69, 9.17) is 4.74 Å². The van der Waals surface area contributed by atoms with Crippen LogP contribution in [0.1, 0.15) is 17.4 Å². The number of pyridine rings is 1. The monoisotopic (exact) mass is 391 g/mol. The fourth-order valence-electron chi connectivity index (χ4n) is 2.23. The zero-order valence-electron chi connectivity index (χ0n) is 13.9. The molecular formula is C16H16F3NO5S. The highest BCUT2D eigenvalue weighted by Gasteiger charge is 2.47. The Morgan fingerprint density at radius 1 is 1.15 bits per heavy atom. The molecule has 1 atom stereocenters. The summed E-state index contributed by atoms with van der Waals surface area (Å²) < 4.78 is 73.4. The molecule has 0 bridgehead atoms. The van der Waals surface area contributed by atoms with Crippen molar-refractivity contribution in [3.05, 3.63) is 64.1 Å². The molecule has 1 unspecified atom stereocenters. The second-order valence-corrected chi connectivity index (χ2v) is 7.10. The van der Waals surface area contributed by atoms with Crippen molar-refractivity contribution in [1.29, 1.82) is 0 Å². The van der Waals surface area contributed by atoms with Crippen molar-refractivity contribution in [2.45, 2.75) is 18.9 Å². The van der Waals surface area contributed by atoms with Crippen LogP contribution in [-0.2, 0) is 28.0 Å². The van der Waals surface area contributed by atoms with Gasteiger partial charge in [-0.15, -0.1) is 0 Å². The van der Waals surface area contributed by atoms with E-state index in [1.54, 1.807) is 30.3 Å². The number of alkyl halides is 3. The highest BCUT2D eigenvalue weighted by Crippen LogP contribution is 2.39. The fraction of sp³-hybridized carbons (Fsp3) is 0.312. The normalized spacial score (nSPS) is 13.4. The number of halogens is 3. The molecule has 0 amide bonds. The third-order valence-corrected chi connectivity index (χ3v) is 3.87. The Hall–Kier alpha value is -2.33. The van der Waals surface area contributed by atoms with Crippen LogP contribution in [0.5, 0.6) is 5.75 Å². The maximum atomic E-state index is 13.4. The third-order valence-electron chi connectivity index (χ3n) is 3.33. The van der Waals surface area contributed by atoms with Crippen LogP contribution in [0.4, 0.5) is 13.2 Å². The van der Waals surface area contributed by atoms with Crippen molar-refractivity contribution < 1.29 is 30.5 Å². The number of nitrogens with zero attached hydrogens (tertiary/aromatic N) is 1. The highest BCUT2D eigenvalue weighted by atomic mass is 32.2. The van der Waals surface area contributed by atoms with Gasteiger partial charge in [0.1, 0.15) is 12.3 Å². The van der Waals surface area contributed by atoms with Crippen molar-refractivity contribution in [2.75, 3.05) is 6.26 Å². The summed E-state index contributed by atoms with van der Waals surface area (Å²) in [6, 6.07) is 9.51. The molecule has 0 saturated carbocycles. The first kappa shape index (κ1) is 20.0. The first-order chi connectivity index (χ1) is 12.0. The van der Waals surface area contributed by atoms with Gasteiger partial charge >= 0.3 is 6.18 Å². The zero-order chi connectivity index (χ0) is 19.5. The van der Waals surface area contributed by atoms with E-state index >= 15 is 0 Å². The lowest BCUT2D eigenvalue weighted by atomic mass is 10.2. The van der Waals surface area contributed by atoms with Crippen molar-refractivity contribution >= 4 is 10.1 Å². The second-order valence-electron chi connectivity index (χ2n) is 5.50. The molecule has 0 N–H and O–H groups in total. The van der Waals surface area contributed by atoms with Gasteiger partial charge in [0.15, 0.2) is 5.75 Å². The largest absolute Gasteiger partial charge is 0.483 e. The molecule has 1 aromatic carbocycles. The van der Waals surface area contributed by atoms with Gasteiger partial charge in [-0.3, -0.25) is 8.98 Å². The van der Waals surface area contributed by atoms with Crippen LogP contribution in [0, 0.1) is 0 Å². The Kier molecular flexibility index (Phi) is 5.77. The van der Waals surface area contributed by atoms with E-state index in [1.165, 1.54) is 7.05 Å². The Bertz CT molecular complexity index is 923. The number of aromatic nitrogens is 1. The minimum atomic E-state index is -5.08. The van der Waals surface area contributed by atoms with E-state index in [0.29, 0.717) is 11.8 Å². The van der Waals surface area contributed by atoms with E-state index in [9.17, 15) is 26.4 Å². The Balaban J connectivity index is 2.52. The minimum Gasteiger partial charge on any atom is -0.483 e. The molecule has 0 aliphatic rings. The molecule has 10 heteroatoms. The van der Waals surface area contributed by atoms with Gasteiger partial charge in [-0.05, 0) is 5.56 Å². The minimum absolute atomic E-state index is 0.170. The lowest BCUT2D eigenvalue weighted by molar-refractivity contribution is -0.199. The fourth-order valence-corrected chi connectivity index (χ4v) is 2.78. The van der Waals surface area contributed by atoms with E-state index in [2.05, 4.69) is 4.18 Å². The van der Waals surface area contributed by atoms with Crippen LogP contribution in [-0.4, -0.2) is 25.4 Å². The van der Waals surface area contributed by atoms with Gasteiger partial charge in [0, 0.05) is 19.3 Å². The van der Waals surface area contributed by atoms with Crippen LogP contribution < -0.4 is 10.2 Å². The van der Waals surface area contributed by atoms with Crippen LogP contribution in [0.3, 0.4) is 0 Å². The summed E-state index contributed by atoms with van der Waals surface area (Å²) in [6.45, 7) is -0.170. The molecule has 2 rings (SSSR count). The predicted molar refractivity (Wildman–Crippen MR) is 87.2 cm³/mol. The third kappa shape index (κ3) is 5.09. The number of hydrogen-bond acceptors (Lipinski definition) is 5. The molecule has 0 saturated heterocycles. The van der Waals surface area contributed by atoms with Crippen molar-refractivity contribution in [2.24, 2.45) is 7.05 Å². The lowest BCUT2D eigenvalue weighted by Gasteiger charge is -2.24. The molecule has 26 heavy (non-hydrogen) atoms. The zero-order valence-corrected chi connectivity index (χ0v) is 14.7. The van der Waals surface area contributed by atoms with Gasteiger partial charge in [0.05, 0.1) is 6.26 Å². The molecule has 1 heterocycles. The molecule has 2 aromatic rings. The van der Waals surface area contributed by atoms with Crippen molar-refractivity contribution in [1.82, 2.24) is 4.57 Å². The molecule has 0 aliphatic carbocycles. The van der Waals surface area contributed by atoms with Gasteiger partial charge < -0.3 is 9.30 Å². The van der Waals surface area contributed by atoms with E-state index in [1.807, 2.05) is 0 Å². The maximum Gasteiger partial charge on any atom is 0.421 e. The highest BCUT2D eigenvalue weighted by molar-refractivity contribution is 7.86. The SMILES string of the molecule is Cn1ccc(=O)c(OCc2ccccc2)c1C(OS(C)(=O)=O)C(F)(F)F. The molecule has 0 radical (unpaired) electrons. The summed E-state index contributed by atoms with van der Waals surface area (Å²) >= 11 is 0. The topological polar surface area (TPSA) is 74.6 Å². The Morgan fingerprint density at radius 2 is 1.77 bits per heavy atom. The van der Waals surface area contributed by atoms with Crippen LogP contribution in [0.2, 0.25) is 0 Å². The first-order valence-corrected chi connectivity index (χ1v) is 9.12. The van der Waals surface area contributed by atoms with E-state index in [0.717, 1.165) is 16.8 Å². The van der Waals surface area contributed by atoms with Gasteiger partial charge in [-0.1, -0.05) is 30.3 Å². The van der Waals surface area contributed by atoms with Crippen LogP contribution >= 0.6 is 0 Å². The Labute approximate surface area is 147 Å². The quantitative estimate of drug-likeness (QED) is 0.708. The summed E-state index contributed by atoms with van der Waals surface area (Å²) in [7, 11) is -3.23. The van der Waals surface area contributed by atoms with Crippen LogP contribution in [0.15, 0.2) is 47.4 Å². The number of ether oxygens (including phenoxy) is 1. The smallest absolute Gasteiger partial charge is 0.421 e. The molecule has 0 aliphatic heterocycles.